The van der Waals surface area contributed by atoms with E-state index in [9.17, 15) is 4.79 Å². The largest absolute Gasteiger partial charge is 0.444 e. The average molecular weight is 378 g/mol. The molecule has 2 N–H and O–H groups in total. The predicted molar refractivity (Wildman–Crippen MR) is 110 cm³/mol. The summed E-state index contributed by atoms with van der Waals surface area (Å²) < 4.78 is 5.55. The summed E-state index contributed by atoms with van der Waals surface area (Å²) in [4.78, 5) is 22.9. The lowest BCUT2D eigenvalue weighted by atomic mass is 10.2. The topological polar surface area (TPSA) is 78.9 Å². The third kappa shape index (κ3) is 10.4. The molecule has 1 aromatic rings. The van der Waals surface area contributed by atoms with Gasteiger partial charge in [-0.1, -0.05) is 13.0 Å². The standard InChI is InChI=1S/C20H35N5O2/c1-6-11-23-18(22-7-2)24-13-9-14-25(19(26)27-20(3,4)5)16-17-10-8-12-21-15-17/h8,10,12,15H,6-7,9,11,13-14,16H2,1-5H3,(H2,22,23,24). The molecule has 0 aromatic carbocycles. The highest BCUT2D eigenvalue weighted by atomic mass is 16.6. The zero-order chi connectivity index (χ0) is 20.1. The summed E-state index contributed by atoms with van der Waals surface area (Å²) in [7, 11) is 0. The summed E-state index contributed by atoms with van der Waals surface area (Å²) in [5, 5.41) is 6.53. The molecule has 0 atom stereocenters. The minimum Gasteiger partial charge on any atom is -0.444 e. The zero-order valence-corrected chi connectivity index (χ0v) is 17.4. The van der Waals surface area contributed by atoms with Gasteiger partial charge in [0.2, 0.25) is 0 Å². The monoisotopic (exact) mass is 377 g/mol. The Kier molecular flexibility index (Phi) is 10.2. The maximum Gasteiger partial charge on any atom is 0.410 e. The molecule has 1 amide bonds. The molecule has 0 radical (unpaired) electrons. The third-order valence-corrected chi connectivity index (χ3v) is 3.48. The van der Waals surface area contributed by atoms with Crippen LogP contribution in [0, 0.1) is 0 Å². The van der Waals surface area contributed by atoms with E-state index in [0.29, 0.717) is 13.1 Å². The second-order valence-corrected chi connectivity index (χ2v) is 7.30. The number of rotatable bonds is 9. The second kappa shape index (κ2) is 12.1. The van der Waals surface area contributed by atoms with E-state index in [1.54, 1.807) is 17.3 Å². The smallest absolute Gasteiger partial charge is 0.410 e. The van der Waals surface area contributed by atoms with Gasteiger partial charge in [0.25, 0.3) is 0 Å². The number of guanidine groups is 1. The van der Waals surface area contributed by atoms with Gasteiger partial charge in [-0.05, 0) is 52.2 Å². The lowest BCUT2D eigenvalue weighted by Crippen LogP contribution is -2.40. The van der Waals surface area contributed by atoms with E-state index >= 15 is 0 Å². The van der Waals surface area contributed by atoms with Crippen molar-refractivity contribution in [3.05, 3.63) is 30.1 Å². The first-order valence-electron chi connectivity index (χ1n) is 9.74. The van der Waals surface area contributed by atoms with Gasteiger partial charge in [-0.15, -0.1) is 0 Å². The van der Waals surface area contributed by atoms with Crippen molar-refractivity contribution in [2.24, 2.45) is 4.99 Å². The van der Waals surface area contributed by atoms with Crippen molar-refractivity contribution in [1.82, 2.24) is 20.5 Å². The van der Waals surface area contributed by atoms with Crippen LogP contribution in [0.3, 0.4) is 0 Å². The molecule has 0 aliphatic carbocycles. The van der Waals surface area contributed by atoms with E-state index < -0.39 is 5.60 Å². The molecule has 152 valence electrons. The molecule has 0 saturated heterocycles. The molecular weight excluding hydrogens is 342 g/mol. The number of ether oxygens (including phenoxy) is 1. The van der Waals surface area contributed by atoms with Crippen molar-refractivity contribution >= 4 is 12.1 Å². The van der Waals surface area contributed by atoms with Crippen molar-refractivity contribution in [2.75, 3.05) is 26.2 Å². The number of hydrogen-bond acceptors (Lipinski definition) is 4. The number of nitrogens with one attached hydrogen (secondary N) is 2. The Balaban J connectivity index is 2.61. The molecule has 0 bridgehead atoms. The van der Waals surface area contributed by atoms with Crippen molar-refractivity contribution in [1.29, 1.82) is 0 Å². The van der Waals surface area contributed by atoms with Gasteiger partial charge in [-0.3, -0.25) is 9.98 Å². The van der Waals surface area contributed by atoms with Gasteiger partial charge in [0.05, 0.1) is 6.54 Å². The third-order valence-electron chi connectivity index (χ3n) is 3.48. The van der Waals surface area contributed by atoms with E-state index in [4.69, 9.17) is 4.74 Å². The predicted octanol–water partition coefficient (Wildman–Crippen LogP) is 3.17. The minimum absolute atomic E-state index is 0.307. The number of aromatic nitrogens is 1. The maximum atomic E-state index is 12.6. The molecule has 0 aliphatic rings. The highest BCUT2D eigenvalue weighted by Crippen LogP contribution is 2.12. The van der Waals surface area contributed by atoms with Crippen molar-refractivity contribution in [3.63, 3.8) is 0 Å². The van der Waals surface area contributed by atoms with Crippen LogP contribution in [0.2, 0.25) is 0 Å². The number of carbonyl (C=O) groups excluding carboxylic acids is 1. The maximum absolute atomic E-state index is 12.6. The SMILES string of the molecule is CCCN=C(NCC)NCCCN(Cc1cccnc1)C(=O)OC(C)(C)C. The first kappa shape index (κ1) is 22.7. The van der Waals surface area contributed by atoms with Crippen molar-refractivity contribution in [3.8, 4) is 0 Å². The van der Waals surface area contributed by atoms with Gasteiger partial charge in [0.15, 0.2) is 5.96 Å². The Hall–Kier alpha value is -2.31. The van der Waals surface area contributed by atoms with Crippen LogP contribution in [0.4, 0.5) is 4.79 Å². The lowest BCUT2D eigenvalue weighted by Gasteiger charge is -2.27. The van der Waals surface area contributed by atoms with Crippen molar-refractivity contribution in [2.45, 2.75) is 59.6 Å². The van der Waals surface area contributed by atoms with Crippen LogP contribution >= 0.6 is 0 Å². The first-order valence-corrected chi connectivity index (χ1v) is 9.74. The number of amides is 1. The number of carbonyl (C=O) groups is 1. The molecule has 27 heavy (non-hydrogen) atoms. The minimum atomic E-state index is -0.520. The summed E-state index contributed by atoms with van der Waals surface area (Å²) in [5.41, 5.74) is 0.460. The summed E-state index contributed by atoms with van der Waals surface area (Å²) in [5.74, 6) is 0.815. The van der Waals surface area contributed by atoms with Gasteiger partial charge in [0, 0.05) is 38.6 Å². The molecule has 1 rings (SSSR count). The van der Waals surface area contributed by atoms with E-state index in [0.717, 1.165) is 44.0 Å². The van der Waals surface area contributed by atoms with Crippen molar-refractivity contribution < 1.29 is 9.53 Å². The van der Waals surface area contributed by atoms with Gasteiger partial charge < -0.3 is 20.3 Å². The average Bonchev–Trinajstić information content (AvgIpc) is 2.61. The number of aliphatic imine (C=N–C) groups is 1. The highest BCUT2D eigenvalue weighted by molar-refractivity contribution is 5.79. The normalized spacial score (nSPS) is 11.8. The fraction of sp³-hybridized carbons (Fsp3) is 0.650. The first-order chi connectivity index (χ1) is 12.9. The highest BCUT2D eigenvalue weighted by Gasteiger charge is 2.22. The Bertz CT molecular complexity index is 569. The molecule has 7 heteroatoms. The fourth-order valence-electron chi connectivity index (χ4n) is 2.32. The van der Waals surface area contributed by atoms with Gasteiger partial charge in [-0.25, -0.2) is 4.79 Å². The van der Waals surface area contributed by atoms with Crippen LogP contribution < -0.4 is 10.6 Å². The number of hydrogen-bond donors (Lipinski definition) is 2. The molecule has 0 spiro atoms. The van der Waals surface area contributed by atoms with Crippen LogP contribution in [-0.2, 0) is 11.3 Å². The zero-order valence-electron chi connectivity index (χ0n) is 17.4. The number of nitrogens with zero attached hydrogens (tertiary/aromatic N) is 3. The van der Waals surface area contributed by atoms with Crippen LogP contribution in [0.15, 0.2) is 29.5 Å². The van der Waals surface area contributed by atoms with Gasteiger partial charge in [-0.2, -0.15) is 0 Å². The summed E-state index contributed by atoms with van der Waals surface area (Å²) in [6.45, 7) is 13.2. The number of pyridine rings is 1. The Morgan fingerprint density at radius 1 is 1.30 bits per heavy atom. The van der Waals surface area contributed by atoms with Gasteiger partial charge in [0.1, 0.15) is 5.60 Å². The quantitative estimate of drug-likeness (QED) is 0.393. The molecule has 1 aromatic heterocycles. The Labute approximate surface area is 163 Å². The Morgan fingerprint density at radius 3 is 2.67 bits per heavy atom. The molecule has 7 nitrogen and oxygen atoms in total. The molecule has 0 saturated carbocycles. The molecular formula is C20H35N5O2. The van der Waals surface area contributed by atoms with E-state index in [1.807, 2.05) is 39.8 Å². The van der Waals surface area contributed by atoms with E-state index in [-0.39, 0.29) is 6.09 Å². The molecule has 1 heterocycles. The van der Waals surface area contributed by atoms with Crippen LogP contribution in [0.1, 0.15) is 53.0 Å². The lowest BCUT2D eigenvalue weighted by molar-refractivity contribution is 0.0232. The molecule has 0 unspecified atom stereocenters. The van der Waals surface area contributed by atoms with E-state index in [1.165, 1.54) is 0 Å². The van der Waals surface area contributed by atoms with Gasteiger partial charge >= 0.3 is 6.09 Å². The molecule has 0 fully saturated rings. The summed E-state index contributed by atoms with van der Waals surface area (Å²) >= 11 is 0. The summed E-state index contributed by atoms with van der Waals surface area (Å²) in [6.07, 6.45) is 4.99. The van der Waals surface area contributed by atoms with Crippen LogP contribution in [-0.4, -0.2) is 53.7 Å². The summed E-state index contributed by atoms with van der Waals surface area (Å²) in [6, 6.07) is 3.83. The fourth-order valence-corrected chi connectivity index (χ4v) is 2.32. The second-order valence-electron chi connectivity index (χ2n) is 7.30. The van der Waals surface area contributed by atoms with E-state index in [2.05, 4.69) is 27.5 Å². The van der Waals surface area contributed by atoms with Crippen LogP contribution in [0.25, 0.3) is 0 Å². The molecule has 0 aliphatic heterocycles. The van der Waals surface area contributed by atoms with Crippen LogP contribution in [0.5, 0.6) is 0 Å². The Morgan fingerprint density at radius 2 is 2.07 bits per heavy atom.